The molecule has 0 saturated carbocycles. The van der Waals surface area contributed by atoms with Crippen LogP contribution in [0.2, 0.25) is 4.34 Å². The van der Waals surface area contributed by atoms with Crippen molar-refractivity contribution in [2.75, 3.05) is 31.1 Å². The Morgan fingerprint density at radius 3 is 2.08 bits per heavy atom. The molecule has 10 nitrogen and oxygen atoms in total. The lowest BCUT2D eigenvalue weighted by molar-refractivity contribution is -0.140. The van der Waals surface area contributed by atoms with E-state index in [-0.39, 0.29) is 15.0 Å². The number of rotatable bonds is 12. The molecule has 2 saturated heterocycles. The molecule has 49 heavy (non-hydrogen) atoms. The molecule has 3 aromatic rings. The molecule has 0 radical (unpaired) electrons. The van der Waals surface area contributed by atoms with Gasteiger partial charge >= 0.3 is 5.97 Å². The number of halogens is 3. The number of sulfonamides is 2. The van der Waals surface area contributed by atoms with Crippen molar-refractivity contribution in [2.45, 2.75) is 72.9 Å². The Bertz CT molecular complexity index is 1850. The molecule has 0 spiro atoms. The average molecular weight is 879 g/mol. The van der Waals surface area contributed by atoms with Crippen molar-refractivity contribution < 1.29 is 26.7 Å². The minimum absolute atomic E-state index is 0.0767. The van der Waals surface area contributed by atoms with Crippen molar-refractivity contribution in [3.63, 3.8) is 0 Å². The predicted molar refractivity (Wildman–Crippen MR) is 198 cm³/mol. The molecule has 0 bridgehead atoms. The molecule has 16 heteroatoms. The normalized spacial score (nSPS) is 19.3. The Balaban J connectivity index is 0.954. The van der Waals surface area contributed by atoms with Gasteiger partial charge in [0.25, 0.3) is 10.0 Å². The topological polar surface area (TPSA) is 137 Å². The standard InChI is InChI=1S/C33H39Br2ClN4O6S3/c34-27-19-29(47-31(27)36)49(45,46)40-14-10-22(11-15-40)5-3-4-21-8-12-39(13-9-21)32-28(35)18-26(20-37-32)48(43,44)38-30(33(41)42)25-16-23-6-1-2-7-24(23)17-25/h1-2,6-7,18-22,25,30,38H,3-5,8-17H2,(H,41,42). The van der Waals surface area contributed by atoms with E-state index in [1.54, 1.807) is 10.4 Å². The maximum atomic E-state index is 13.3. The average Bonchev–Trinajstić information content (AvgIpc) is 3.67. The van der Waals surface area contributed by atoms with E-state index in [0.29, 0.717) is 56.9 Å². The quantitative estimate of drug-likeness (QED) is 0.200. The third-order valence-corrected chi connectivity index (χ3v) is 17.0. The molecule has 2 aliphatic heterocycles. The first-order valence-corrected chi connectivity index (χ1v) is 22.2. The van der Waals surface area contributed by atoms with Gasteiger partial charge in [0.05, 0.1) is 4.47 Å². The van der Waals surface area contributed by atoms with Gasteiger partial charge in [0, 0.05) is 36.8 Å². The van der Waals surface area contributed by atoms with E-state index in [9.17, 15) is 26.7 Å². The van der Waals surface area contributed by atoms with E-state index in [0.717, 1.165) is 80.5 Å². The molecule has 266 valence electrons. The SMILES string of the molecule is O=C(O)C(NS(=O)(=O)c1cnc(N2CCC(CCCC3CCN(S(=O)(=O)c4cc(Br)c(Cl)s4)CC3)CC2)c(Br)c1)C1Cc2ccccc2C1. The van der Waals surface area contributed by atoms with Gasteiger partial charge in [-0.3, -0.25) is 4.79 Å². The Hall–Kier alpha value is -1.59. The van der Waals surface area contributed by atoms with Crippen molar-refractivity contribution in [2.24, 2.45) is 17.8 Å². The molecule has 3 aliphatic rings. The van der Waals surface area contributed by atoms with Gasteiger partial charge in [0.1, 0.15) is 25.3 Å². The van der Waals surface area contributed by atoms with Crippen LogP contribution in [0.5, 0.6) is 0 Å². The maximum Gasteiger partial charge on any atom is 0.322 e. The van der Waals surface area contributed by atoms with E-state index in [1.165, 1.54) is 12.3 Å². The van der Waals surface area contributed by atoms with Crippen LogP contribution in [0, 0.1) is 17.8 Å². The highest BCUT2D eigenvalue weighted by atomic mass is 79.9. The second-order valence-electron chi connectivity index (χ2n) is 13.2. The lowest BCUT2D eigenvalue weighted by Crippen LogP contribution is -2.46. The second-order valence-corrected chi connectivity index (χ2v) is 20.5. The highest BCUT2D eigenvalue weighted by Gasteiger charge is 2.37. The zero-order valence-electron chi connectivity index (χ0n) is 26.7. The number of nitrogens with zero attached hydrogens (tertiary/aromatic N) is 3. The highest BCUT2D eigenvalue weighted by Crippen LogP contribution is 2.38. The molecule has 1 aliphatic carbocycles. The number of anilines is 1. The molecule has 6 rings (SSSR count). The van der Waals surface area contributed by atoms with E-state index >= 15 is 0 Å². The summed E-state index contributed by atoms with van der Waals surface area (Å²) in [6.45, 7) is 2.68. The molecule has 0 amide bonds. The zero-order chi connectivity index (χ0) is 34.9. The van der Waals surface area contributed by atoms with Gasteiger partial charge in [-0.2, -0.15) is 9.03 Å². The van der Waals surface area contributed by atoms with Gasteiger partial charge in [-0.15, -0.1) is 11.3 Å². The van der Waals surface area contributed by atoms with Gasteiger partial charge in [-0.05, 0) is 111 Å². The Labute approximate surface area is 314 Å². The van der Waals surface area contributed by atoms with E-state index in [2.05, 4.69) is 46.5 Å². The molecule has 1 aromatic carbocycles. The summed E-state index contributed by atoms with van der Waals surface area (Å²) in [7, 11) is -7.65. The number of aromatic nitrogens is 1. The third-order valence-electron chi connectivity index (χ3n) is 10.1. The predicted octanol–water partition coefficient (Wildman–Crippen LogP) is 6.96. The number of fused-ring (bicyclic) bond motifs is 1. The van der Waals surface area contributed by atoms with Crippen LogP contribution in [0.1, 0.15) is 56.1 Å². The number of piperidine rings is 2. The minimum atomic E-state index is -4.13. The number of carbonyl (C=O) groups is 1. The summed E-state index contributed by atoms with van der Waals surface area (Å²) in [4.78, 5) is 18.8. The lowest BCUT2D eigenvalue weighted by atomic mass is 9.87. The number of nitrogens with one attached hydrogen (secondary N) is 1. The van der Waals surface area contributed by atoms with Crippen LogP contribution < -0.4 is 9.62 Å². The third kappa shape index (κ3) is 8.56. The van der Waals surface area contributed by atoms with Crippen LogP contribution in [0.4, 0.5) is 5.82 Å². The molecule has 4 heterocycles. The summed E-state index contributed by atoms with van der Waals surface area (Å²) >= 11 is 14.0. The Morgan fingerprint density at radius 2 is 1.55 bits per heavy atom. The van der Waals surface area contributed by atoms with Gasteiger partial charge in [-0.1, -0.05) is 55.1 Å². The highest BCUT2D eigenvalue weighted by molar-refractivity contribution is 9.11. The molecule has 2 fully saturated rings. The fourth-order valence-electron chi connectivity index (χ4n) is 7.35. The fourth-order valence-corrected chi connectivity index (χ4v) is 13.3. The number of thiophene rings is 1. The van der Waals surface area contributed by atoms with Gasteiger partial charge in [0.2, 0.25) is 10.0 Å². The molecular formula is C33H39Br2ClN4O6S3. The van der Waals surface area contributed by atoms with Gasteiger partial charge in [0.15, 0.2) is 0 Å². The zero-order valence-corrected chi connectivity index (χ0v) is 33.1. The summed E-state index contributed by atoms with van der Waals surface area (Å²) in [5, 5.41) is 9.93. The van der Waals surface area contributed by atoms with Crippen molar-refractivity contribution in [1.29, 1.82) is 0 Å². The molecule has 2 aromatic heterocycles. The van der Waals surface area contributed by atoms with Crippen LogP contribution in [-0.4, -0.2) is 69.4 Å². The second kappa shape index (κ2) is 15.6. The molecule has 1 unspecified atom stereocenters. The van der Waals surface area contributed by atoms with Crippen molar-refractivity contribution in [3.8, 4) is 0 Å². The summed E-state index contributed by atoms with van der Waals surface area (Å²) in [6, 6.07) is 9.56. The first kappa shape index (κ1) is 37.2. The largest absolute Gasteiger partial charge is 0.480 e. The van der Waals surface area contributed by atoms with Crippen LogP contribution in [-0.2, 0) is 37.7 Å². The fraction of sp³-hybridized carbons (Fsp3) is 0.515. The van der Waals surface area contributed by atoms with Crippen molar-refractivity contribution >= 4 is 86.6 Å². The number of carboxylic acids is 1. The molecule has 1 atom stereocenters. The van der Waals surface area contributed by atoms with Crippen LogP contribution in [0.25, 0.3) is 0 Å². The first-order valence-electron chi connectivity index (χ1n) is 16.5. The minimum Gasteiger partial charge on any atom is -0.480 e. The van der Waals surface area contributed by atoms with E-state index in [4.69, 9.17) is 11.6 Å². The number of aliphatic carboxylic acids is 1. The van der Waals surface area contributed by atoms with Crippen molar-refractivity contribution in [3.05, 3.63) is 67.0 Å². The first-order chi connectivity index (χ1) is 23.3. The smallest absolute Gasteiger partial charge is 0.322 e. The van der Waals surface area contributed by atoms with E-state index in [1.807, 2.05) is 24.3 Å². The van der Waals surface area contributed by atoms with Crippen LogP contribution >= 0.6 is 54.8 Å². The number of hydrogen-bond acceptors (Lipinski definition) is 8. The number of pyridine rings is 1. The monoisotopic (exact) mass is 876 g/mol. The van der Waals surface area contributed by atoms with Crippen LogP contribution in [0.3, 0.4) is 0 Å². The van der Waals surface area contributed by atoms with Gasteiger partial charge < -0.3 is 10.0 Å². The number of carboxylic acid groups (broad SMARTS) is 1. The van der Waals surface area contributed by atoms with Gasteiger partial charge in [-0.25, -0.2) is 21.8 Å². The van der Waals surface area contributed by atoms with Crippen LogP contribution in [0.15, 0.2) is 60.6 Å². The Morgan fingerprint density at radius 1 is 0.959 bits per heavy atom. The maximum absolute atomic E-state index is 13.3. The summed E-state index contributed by atoms with van der Waals surface area (Å²) in [5.41, 5.74) is 2.11. The number of hydrogen-bond donors (Lipinski definition) is 2. The Kier molecular flexibility index (Phi) is 11.8. The molecule has 2 N–H and O–H groups in total. The van der Waals surface area contributed by atoms with E-state index < -0.39 is 32.1 Å². The summed E-state index contributed by atoms with van der Waals surface area (Å²) in [6.07, 6.45) is 9.40. The lowest BCUT2D eigenvalue weighted by Gasteiger charge is -2.34. The van der Waals surface area contributed by atoms with Crippen molar-refractivity contribution in [1.82, 2.24) is 14.0 Å². The summed E-state index contributed by atoms with van der Waals surface area (Å²) < 4.78 is 58.6. The number of benzene rings is 1. The summed E-state index contributed by atoms with van der Waals surface area (Å²) in [5.74, 6) is 0.222. The molecular weight excluding hydrogens is 840 g/mol.